The van der Waals surface area contributed by atoms with E-state index in [-0.39, 0.29) is 24.9 Å². The summed E-state index contributed by atoms with van der Waals surface area (Å²) in [7, 11) is 0. The van der Waals surface area contributed by atoms with Gasteiger partial charge in [0.2, 0.25) is 0 Å². The second-order valence-corrected chi connectivity index (χ2v) is 5.97. The van der Waals surface area contributed by atoms with Crippen LogP contribution in [0.1, 0.15) is 31.1 Å². The molecule has 2 aromatic rings. The largest absolute Gasteiger partial charge is 0.468 e. The number of hydrogen-bond acceptors (Lipinski definition) is 5. The lowest BCUT2D eigenvalue weighted by atomic mass is 10.2. The number of furan rings is 1. The minimum Gasteiger partial charge on any atom is -0.468 e. The molecule has 25 heavy (non-hydrogen) atoms. The molecule has 1 heterocycles. The highest BCUT2D eigenvalue weighted by atomic mass is 19.1. The fourth-order valence-corrected chi connectivity index (χ4v) is 2.52. The van der Waals surface area contributed by atoms with E-state index in [0.29, 0.717) is 25.9 Å². The molecule has 1 N–H and O–H groups in total. The van der Waals surface area contributed by atoms with E-state index in [9.17, 15) is 14.3 Å². The van der Waals surface area contributed by atoms with Gasteiger partial charge in [0.25, 0.3) is 0 Å². The first kappa shape index (κ1) is 19.1. The number of ether oxygens (including phenoxy) is 1. The summed E-state index contributed by atoms with van der Waals surface area (Å²) in [6.07, 6.45) is 1.80. The predicted octanol–water partition coefficient (Wildman–Crippen LogP) is 3.13. The van der Waals surface area contributed by atoms with Gasteiger partial charge in [-0.05, 0) is 36.2 Å². The Balaban J connectivity index is 1.95. The fraction of sp³-hybridized carbons (Fsp3) is 0.421. The Kier molecular flexibility index (Phi) is 7.63. The number of aliphatic hydroxyl groups excluding tert-OH is 1. The molecular weight excluding hydrogens is 325 g/mol. The molecule has 0 amide bonds. The molecular formula is C19H24FNO4. The third-order valence-electron chi connectivity index (χ3n) is 3.61. The molecule has 0 aliphatic rings. The molecule has 0 aliphatic carbocycles. The van der Waals surface area contributed by atoms with Crippen LogP contribution >= 0.6 is 0 Å². The molecule has 0 saturated heterocycles. The van der Waals surface area contributed by atoms with Crippen molar-refractivity contribution in [1.29, 1.82) is 0 Å². The topological polar surface area (TPSA) is 62.9 Å². The van der Waals surface area contributed by atoms with Crippen molar-refractivity contribution >= 4 is 5.97 Å². The third kappa shape index (κ3) is 7.07. The van der Waals surface area contributed by atoms with E-state index >= 15 is 0 Å². The molecule has 1 aromatic carbocycles. The first-order valence-electron chi connectivity index (χ1n) is 8.39. The molecule has 5 nitrogen and oxygen atoms in total. The quantitative estimate of drug-likeness (QED) is 0.668. The zero-order valence-corrected chi connectivity index (χ0v) is 14.4. The summed E-state index contributed by atoms with van der Waals surface area (Å²) in [6, 6.07) is 9.96. The van der Waals surface area contributed by atoms with E-state index in [2.05, 4.69) is 0 Å². The average molecular weight is 349 g/mol. The molecule has 1 atom stereocenters. The van der Waals surface area contributed by atoms with Crippen molar-refractivity contribution in [3.63, 3.8) is 0 Å². The highest BCUT2D eigenvalue weighted by Crippen LogP contribution is 2.12. The summed E-state index contributed by atoms with van der Waals surface area (Å²) < 4.78 is 23.8. The van der Waals surface area contributed by atoms with Crippen LogP contribution in [0.25, 0.3) is 0 Å². The van der Waals surface area contributed by atoms with Crippen molar-refractivity contribution in [3.05, 3.63) is 59.8 Å². The maximum absolute atomic E-state index is 13.4. The Morgan fingerprint density at radius 2 is 2.16 bits per heavy atom. The Bertz CT molecular complexity index is 645. The van der Waals surface area contributed by atoms with Crippen LogP contribution in [0.5, 0.6) is 0 Å². The SMILES string of the molecule is CCCC(=O)OCC(O)CN(Cc1cccc(F)c1)Cc1ccco1. The summed E-state index contributed by atoms with van der Waals surface area (Å²) in [4.78, 5) is 13.3. The summed E-state index contributed by atoms with van der Waals surface area (Å²) in [5.41, 5.74) is 0.793. The standard InChI is InChI=1S/C19H24FNO4/c1-2-5-19(23)25-14-17(22)12-21(13-18-8-4-9-24-18)11-15-6-3-7-16(20)10-15/h3-4,6-10,17,22H,2,5,11-14H2,1H3. The highest BCUT2D eigenvalue weighted by molar-refractivity contribution is 5.69. The number of carbonyl (C=O) groups is 1. The molecule has 0 radical (unpaired) electrons. The van der Waals surface area contributed by atoms with E-state index in [0.717, 1.165) is 11.3 Å². The molecule has 0 aliphatic heterocycles. The van der Waals surface area contributed by atoms with E-state index in [1.54, 1.807) is 18.4 Å². The van der Waals surface area contributed by atoms with Gasteiger partial charge in [0.1, 0.15) is 24.3 Å². The zero-order chi connectivity index (χ0) is 18.1. The molecule has 6 heteroatoms. The van der Waals surface area contributed by atoms with E-state index < -0.39 is 6.10 Å². The number of hydrogen-bond donors (Lipinski definition) is 1. The van der Waals surface area contributed by atoms with E-state index in [1.807, 2.05) is 24.0 Å². The Morgan fingerprint density at radius 3 is 2.84 bits per heavy atom. The molecule has 0 spiro atoms. The summed E-state index contributed by atoms with van der Waals surface area (Å²) >= 11 is 0. The molecule has 0 fully saturated rings. The fourth-order valence-electron chi connectivity index (χ4n) is 2.52. The zero-order valence-electron chi connectivity index (χ0n) is 14.4. The van der Waals surface area contributed by atoms with Crippen LogP contribution in [0.2, 0.25) is 0 Å². The van der Waals surface area contributed by atoms with Crippen LogP contribution in [-0.4, -0.2) is 35.2 Å². The van der Waals surface area contributed by atoms with Crippen molar-refractivity contribution in [1.82, 2.24) is 4.90 Å². The van der Waals surface area contributed by atoms with Crippen molar-refractivity contribution in [2.75, 3.05) is 13.2 Å². The number of nitrogens with zero attached hydrogens (tertiary/aromatic N) is 1. The highest BCUT2D eigenvalue weighted by Gasteiger charge is 2.16. The maximum atomic E-state index is 13.4. The van der Waals surface area contributed by atoms with Crippen molar-refractivity contribution in [3.8, 4) is 0 Å². The molecule has 1 aromatic heterocycles. The van der Waals surface area contributed by atoms with Crippen molar-refractivity contribution in [2.45, 2.75) is 39.0 Å². The van der Waals surface area contributed by atoms with Crippen LogP contribution in [0.3, 0.4) is 0 Å². The number of rotatable bonds is 10. The second-order valence-electron chi connectivity index (χ2n) is 5.97. The molecule has 136 valence electrons. The first-order chi connectivity index (χ1) is 12.1. The summed E-state index contributed by atoms with van der Waals surface area (Å²) in [5, 5.41) is 10.2. The van der Waals surface area contributed by atoms with Gasteiger partial charge in [-0.1, -0.05) is 19.1 Å². The van der Waals surface area contributed by atoms with Gasteiger partial charge in [-0.15, -0.1) is 0 Å². The van der Waals surface area contributed by atoms with E-state index in [4.69, 9.17) is 9.15 Å². The minimum atomic E-state index is -0.829. The normalized spacial score (nSPS) is 12.3. The molecule has 2 rings (SSSR count). The van der Waals surface area contributed by atoms with Crippen LogP contribution in [0.15, 0.2) is 47.1 Å². The number of halogens is 1. The van der Waals surface area contributed by atoms with Gasteiger partial charge in [0, 0.05) is 19.5 Å². The molecule has 0 bridgehead atoms. The summed E-state index contributed by atoms with van der Waals surface area (Å²) in [5.74, 6) is 0.125. The Morgan fingerprint density at radius 1 is 1.32 bits per heavy atom. The van der Waals surface area contributed by atoms with Gasteiger partial charge in [-0.2, -0.15) is 0 Å². The Hall–Kier alpha value is -2.18. The van der Waals surface area contributed by atoms with Crippen LogP contribution < -0.4 is 0 Å². The van der Waals surface area contributed by atoms with Crippen molar-refractivity contribution < 1.29 is 23.4 Å². The minimum absolute atomic E-state index is 0.0589. The van der Waals surface area contributed by atoms with Crippen LogP contribution in [0, 0.1) is 5.82 Å². The van der Waals surface area contributed by atoms with Gasteiger partial charge in [0.15, 0.2) is 0 Å². The van der Waals surface area contributed by atoms with Gasteiger partial charge < -0.3 is 14.3 Å². The van der Waals surface area contributed by atoms with Crippen LogP contribution in [0.4, 0.5) is 4.39 Å². The average Bonchev–Trinajstić information content (AvgIpc) is 3.06. The smallest absolute Gasteiger partial charge is 0.305 e. The number of aliphatic hydroxyl groups is 1. The van der Waals surface area contributed by atoms with Gasteiger partial charge >= 0.3 is 5.97 Å². The monoisotopic (exact) mass is 349 g/mol. The first-order valence-corrected chi connectivity index (χ1v) is 8.39. The van der Waals surface area contributed by atoms with E-state index in [1.165, 1.54) is 12.1 Å². The molecule has 0 saturated carbocycles. The Labute approximate surface area is 147 Å². The summed E-state index contributed by atoms with van der Waals surface area (Å²) in [6.45, 7) is 3.01. The lowest BCUT2D eigenvalue weighted by Crippen LogP contribution is -2.34. The van der Waals surface area contributed by atoms with Gasteiger partial charge in [-0.3, -0.25) is 9.69 Å². The lowest BCUT2D eigenvalue weighted by molar-refractivity contribution is -0.147. The second kappa shape index (κ2) is 9.96. The molecule has 1 unspecified atom stereocenters. The number of esters is 1. The predicted molar refractivity (Wildman–Crippen MR) is 91.1 cm³/mol. The third-order valence-corrected chi connectivity index (χ3v) is 3.61. The van der Waals surface area contributed by atoms with Crippen molar-refractivity contribution in [2.24, 2.45) is 0 Å². The lowest BCUT2D eigenvalue weighted by Gasteiger charge is -2.24. The van der Waals surface area contributed by atoms with Gasteiger partial charge in [-0.25, -0.2) is 4.39 Å². The van der Waals surface area contributed by atoms with Gasteiger partial charge in [0.05, 0.1) is 12.8 Å². The number of carbonyl (C=O) groups excluding carboxylic acids is 1. The number of benzene rings is 1. The maximum Gasteiger partial charge on any atom is 0.305 e. The van der Waals surface area contributed by atoms with Crippen LogP contribution in [-0.2, 0) is 22.6 Å².